The molecule has 59 valence electrons. The fourth-order valence-electron chi connectivity index (χ4n) is 0. The molecule has 0 aliphatic rings. The van der Waals surface area contributed by atoms with Crippen LogP contribution in [-0.2, 0) is 67.6 Å². The first-order chi connectivity index (χ1) is 3.46. The van der Waals surface area contributed by atoms with E-state index in [-0.39, 0.29) is 17.1 Å². The molecule has 1 radical (unpaired) electrons. The van der Waals surface area contributed by atoms with Crippen molar-refractivity contribution in [2.24, 2.45) is 0 Å². The molecule has 0 spiro atoms. The van der Waals surface area contributed by atoms with Gasteiger partial charge in [-0.25, -0.2) is 0 Å². The monoisotopic (exact) mass is 347 g/mol. The summed E-state index contributed by atoms with van der Waals surface area (Å²) in [6.45, 7) is 0. The van der Waals surface area contributed by atoms with E-state index in [9.17, 15) is 0 Å². The maximum atomic E-state index is 8.71. The van der Waals surface area contributed by atoms with Crippen LogP contribution in [0.1, 0.15) is 0 Å². The summed E-state index contributed by atoms with van der Waals surface area (Å²) in [5.41, 5.74) is 0. The summed E-state index contributed by atoms with van der Waals surface area (Å²) < 4.78 is 49.1. The van der Waals surface area contributed by atoms with E-state index < -0.39 is 37.6 Å². The Morgan fingerprint density at radius 1 is 0.778 bits per heavy atom. The van der Waals surface area contributed by atoms with E-state index in [1.54, 1.807) is 0 Å². The zero-order valence-corrected chi connectivity index (χ0v) is 9.06. The van der Waals surface area contributed by atoms with Crippen molar-refractivity contribution in [2.75, 3.05) is 0 Å². The zero-order chi connectivity index (χ0) is 7.15. The molecule has 0 amide bonds. The van der Waals surface area contributed by atoms with E-state index in [1.165, 1.54) is 0 Å². The summed E-state index contributed by atoms with van der Waals surface area (Å²) in [6, 6.07) is 0. The third-order valence-electron chi connectivity index (χ3n) is 0. The predicted molar refractivity (Wildman–Crippen MR) is 7.18 cm³/mol. The minimum atomic E-state index is -3.95. The molecule has 0 saturated carbocycles. The molecule has 0 saturated heterocycles. The molecule has 0 fully saturated rings. The Morgan fingerprint density at radius 2 is 0.778 bits per heavy atom. The van der Waals surface area contributed by atoms with Crippen LogP contribution < -0.4 is 0 Å². The van der Waals surface area contributed by atoms with Crippen LogP contribution in [-0.4, -0.2) is 7.23 Å². The summed E-state index contributed by atoms with van der Waals surface area (Å²) in [6.07, 6.45) is 0. The third-order valence-corrected chi connectivity index (χ3v) is 0. The SMILES string of the molecule is [Cu].[O]=[Nb](=[O])[OH].[O]=[Nb](=[O])[OH]. The Hall–Kier alpha value is 1.12. The molecule has 9 heteroatoms. The van der Waals surface area contributed by atoms with Crippen LogP contribution in [0.3, 0.4) is 0 Å². The first-order valence-electron chi connectivity index (χ1n) is 1.13. The standard InChI is InChI=1S/Cu.2Nb.2H2O.4O/h;;;2*1H2;;;;/q;2*+1;;;;;;/p-2. The maximum absolute atomic E-state index is 8.71. The van der Waals surface area contributed by atoms with E-state index in [0.29, 0.717) is 0 Å². The third kappa shape index (κ3) is 369. The second-order valence-corrected chi connectivity index (χ2v) is 2.81. The number of rotatable bonds is 0. The van der Waals surface area contributed by atoms with Crippen LogP contribution in [0.4, 0.5) is 0 Å². The molecule has 0 unspecified atom stereocenters. The minimum absolute atomic E-state index is 0. The van der Waals surface area contributed by atoms with Crippen LogP contribution >= 0.6 is 0 Å². The van der Waals surface area contributed by atoms with Crippen LogP contribution in [0, 0.1) is 0 Å². The average molecular weight is 347 g/mol. The molecule has 9 heavy (non-hydrogen) atoms. The molecule has 0 aliphatic heterocycles. The Labute approximate surface area is 74.3 Å². The Balaban J connectivity index is -0.0000000720. The van der Waals surface area contributed by atoms with Gasteiger partial charge in [0.15, 0.2) is 0 Å². The second kappa shape index (κ2) is 11.9. The molecular formula is H2CuNb2O6. The molecule has 6 nitrogen and oxygen atoms in total. The van der Waals surface area contributed by atoms with Gasteiger partial charge in [-0.05, 0) is 0 Å². The summed E-state index contributed by atoms with van der Waals surface area (Å²) >= 11 is -7.90. The summed E-state index contributed by atoms with van der Waals surface area (Å²) in [7, 11) is 0. The fourth-order valence-corrected chi connectivity index (χ4v) is 0. The van der Waals surface area contributed by atoms with Crippen molar-refractivity contribution in [3.8, 4) is 0 Å². The van der Waals surface area contributed by atoms with Crippen molar-refractivity contribution in [2.45, 2.75) is 0 Å². The first kappa shape index (κ1) is 16.6. The van der Waals surface area contributed by atoms with Gasteiger partial charge < -0.3 is 0 Å². The summed E-state index contributed by atoms with van der Waals surface area (Å²) in [5.74, 6) is 0. The zero-order valence-electron chi connectivity index (χ0n) is 3.72. The second-order valence-electron chi connectivity index (χ2n) is 0.476. The van der Waals surface area contributed by atoms with Gasteiger partial charge in [0.05, 0.1) is 0 Å². The number of hydrogen-bond acceptors (Lipinski definition) is 4. The fraction of sp³-hybridized carbons (Fsp3) is 0. The average Bonchev–Trinajstić information content (AvgIpc) is 1.25. The van der Waals surface area contributed by atoms with E-state index in [2.05, 4.69) is 0 Å². The van der Waals surface area contributed by atoms with Gasteiger partial charge >= 0.3 is 57.8 Å². The summed E-state index contributed by atoms with van der Waals surface area (Å²) in [4.78, 5) is 0. The Kier molecular flexibility index (Phi) is 21.9. The van der Waals surface area contributed by atoms with Crippen molar-refractivity contribution >= 4 is 0 Å². The van der Waals surface area contributed by atoms with Crippen LogP contribution in [0.15, 0.2) is 0 Å². The molecule has 0 rings (SSSR count). The van der Waals surface area contributed by atoms with Crippen LogP contribution in [0.2, 0.25) is 0 Å². The van der Waals surface area contributed by atoms with Gasteiger partial charge in [0.25, 0.3) is 0 Å². The predicted octanol–water partition coefficient (Wildman–Crippen LogP) is -1.60. The van der Waals surface area contributed by atoms with Gasteiger partial charge in [-0.1, -0.05) is 0 Å². The van der Waals surface area contributed by atoms with Crippen molar-refractivity contribution in [1.82, 2.24) is 0 Å². The van der Waals surface area contributed by atoms with Gasteiger partial charge in [0.2, 0.25) is 0 Å². The molecule has 0 atom stereocenters. The first-order valence-corrected chi connectivity index (χ1v) is 6.69. The van der Waals surface area contributed by atoms with Gasteiger partial charge in [0.1, 0.15) is 0 Å². The van der Waals surface area contributed by atoms with Gasteiger partial charge in [-0.2, -0.15) is 0 Å². The van der Waals surface area contributed by atoms with Gasteiger partial charge in [0, 0.05) is 17.1 Å². The normalized spacial score (nSPS) is 5.56. The molecular weight excluding hydrogens is 345 g/mol. The summed E-state index contributed by atoms with van der Waals surface area (Å²) in [5, 5.41) is 0. The number of hydrogen-bond donors (Lipinski definition) is 2. The van der Waals surface area contributed by atoms with E-state index >= 15 is 0 Å². The van der Waals surface area contributed by atoms with E-state index in [1.807, 2.05) is 0 Å². The molecule has 0 heterocycles. The van der Waals surface area contributed by atoms with Gasteiger partial charge in [-0.15, -0.1) is 0 Å². The van der Waals surface area contributed by atoms with Crippen LogP contribution in [0.25, 0.3) is 0 Å². The molecule has 0 aromatic heterocycles. The molecule has 0 aromatic carbocycles. The van der Waals surface area contributed by atoms with E-state index in [0.717, 1.165) is 0 Å². The van der Waals surface area contributed by atoms with Crippen molar-refractivity contribution in [3.05, 3.63) is 0 Å². The van der Waals surface area contributed by atoms with Gasteiger partial charge in [-0.3, -0.25) is 0 Å². The molecule has 2 N–H and O–H groups in total. The topological polar surface area (TPSA) is 109 Å². The van der Waals surface area contributed by atoms with Crippen molar-refractivity contribution in [3.63, 3.8) is 0 Å². The van der Waals surface area contributed by atoms with Crippen molar-refractivity contribution < 1.29 is 74.9 Å². The molecule has 0 aliphatic carbocycles. The van der Waals surface area contributed by atoms with Crippen molar-refractivity contribution in [1.29, 1.82) is 0 Å². The molecule has 0 bridgehead atoms. The Morgan fingerprint density at radius 3 is 0.778 bits per heavy atom. The Bertz CT molecular complexity index is 128. The quantitative estimate of drug-likeness (QED) is 0.511. The molecule has 0 aromatic rings. The van der Waals surface area contributed by atoms with Crippen LogP contribution in [0.5, 0.6) is 0 Å². The van der Waals surface area contributed by atoms with E-state index in [4.69, 9.17) is 20.2 Å².